The minimum absolute atomic E-state index is 0.213. The van der Waals surface area contributed by atoms with Gasteiger partial charge in [0, 0.05) is 35.0 Å². The average molecular weight is 528 g/mol. The number of hydrogen-bond donors (Lipinski definition) is 1. The molecule has 39 heavy (non-hydrogen) atoms. The van der Waals surface area contributed by atoms with Crippen LogP contribution in [-0.4, -0.2) is 41.8 Å². The third-order valence-corrected chi connectivity index (χ3v) is 6.08. The Balaban J connectivity index is 1.70. The fraction of sp³-hybridized carbons (Fsp3) is 0.250. The van der Waals surface area contributed by atoms with E-state index in [-0.39, 0.29) is 23.8 Å². The summed E-state index contributed by atoms with van der Waals surface area (Å²) in [5.74, 6) is 0.760. The molecule has 1 N–H and O–H groups in total. The Kier molecular flexibility index (Phi) is 8.40. The van der Waals surface area contributed by atoms with Crippen LogP contribution in [0.15, 0.2) is 70.1 Å². The molecule has 200 valence electrons. The van der Waals surface area contributed by atoms with Gasteiger partial charge in [0.2, 0.25) is 5.95 Å². The first-order valence-electron chi connectivity index (χ1n) is 12.4. The molecule has 4 aromatic heterocycles. The SMILES string of the molecule is C=C/C=C(\C(=C)c1noc(=O)[nH]1)c1ccc(Cc2c(CCCC)nc(C)n(-c3ncc(OC)cn3)c2=O)nc1. The summed E-state index contributed by atoms with van der Waals surface area (Å²) in [6, 6.07) is 3.70. The molecule has 4 heterocycles. The zero-order valence-electron chi connectivity index (χ0n) is 22.1. The summed E-state index contributed by atoms with van der Waals surface area (Å²) in [4.78, 5) is 45.6. The Labute approximate surface area is 224 Å². The molecular weight excluding hydrogens is 498 g/mol. The molecule has 0 aliphatic heterocycles. The molecule has 11 nitrogen and oxygen atoms in total. The number of pyridine rings is 1. The molecule has 0 radical (unpaired) electrons. The molecule has 0 unspecified atom stereocenters. The Morgan fingerprint density at radius 1 is 1.18 bits per heavy atom. The smallest absolute Gasteiger partial charge is 0.439 e. The topological polar surface area (TPSA) is 142 Å². The van der Waals surface area contributed by atoms with E-state index >= 15 is 0 Å². The monoisotopic (exact) mass is 527 g/mol. The fourth-order valence-electron chi connectivity index (χ4n) is 4.06. The van der Waals surface area contributed by atoms with Crippen LogP contribution in [0.3, 0.4) is 0 Å². The first-order valence-corrected chi connectivity index (χ1v) is 12.4. The second-order valence-electron chi connectivity index (χ2n) is 8.70. The zero-order chi connectivity index (χ0) is 27.9. The van der Waals surface area contributed by atoms with Crippen molar-refractivity contribution < 1.29 is 9.26 Å². The van der Waals surface area contributed by atoms with Crippen molar-refractivity contribution in [3.8, 4) is 11.7 Å². The van der Waals surface area contributed by atoms with E-state index in [4.69, 9.17) is 9.72 Å². The summed E-state index contributed by atoms with van der Waals surface area (Å²) in [5, 5.41) is 3.71. The molecule has 4 aromatic rings. The number of H-pyrrole nitrogens is 1. The van der Waals surface area contributed by atoms with Crippen molar-refractivity contribution in [2.45, 2.75) is 39.5 Å². The van der Waals surface area contributed by atoms with Crippen LogP contribution in [0.1, 0.15) is 53.9 Å². The van der Waals surface area contributed by atoms with Crippen molar-refractivity contribution in [1.29, 1.82) is 0 Å². The van der Waals surface area contributed by atoms with Gasteiger partial charge in [-0.3, -0.25) is 19.3 Å². The molecule has 0 spiro atoms. The second-order valence-corrected chi connectivity index (χ2v) is 8.70. The number of aromatic amines is 1. The number of allylic oxidation sites excluding steroid dienone is 4. The molecule has 0 aliphatic rings. The number of hydrogen-bond acceptors (Lipinski definition) is 9. The van der Waals surface area contributed by atoms with Crippen LogP contribution in [0, 0.1) is 6.92 Å². The van der Waals surface area contributed by atoms with Crippen molar-refractivity contribution in [3.63, 3.8) is 0 Å². The summed E-state index contributed by atoms with van der Waals surface area (Å²) < 4.78 is 11.2. The predicted octanol–water partition coefficient (Wildman–Crippen LogP) is 3.63. The van der Waals surface area contributed by atoms with Crippen LogP contribution in [0.5, 0.6) is 5.75 Å². The number of methoxy groups -OCH3 is 1. The molecule has 0 saturated carbocycles. The normalized spacial score (nSPS) is 11.4. The lowest BCUT2D eigenvalue weighted by Gasteiger charge is -2.14. The maximum atomic E-state index is 13.7. The maximum absolute atomic E-state index is 13.7. The van der Waals surface area contributed by atoms with Crippen LogP contribution in [0.25, 0.3) is 17.1 Å². The Morgan fingerprint density at radius 2 is 1.95 bits per heavy atom. The van der Waals surface area contributed by atoms with Crippen molar-refractivity contribution in [2.75, 3.05) is 7.11 Å². The number of aromatic nitrogens is 7. The summed E-state index contributed by atoms with van der Waals surface area (Å²) >= 11 is 0. The van der Waals surface area contributed by atoms with Gasteiger partial charge >= 0.3 is 5.76 Å². The highest BCUT2D eigenvalue weighted by molar-refractivity contribution is 6.02. The Hall–Kier alpha value is -4.93. The summed E-state index contributed by atoms with van der Waals surface area (Å²) in [7, 11) is 1.53. The van der Waals surface area contributed by atoms with Crippen LogP contribution in [-0.2, 0) is 12.8 Å². The fourth-order valence-corrected chi connectivity index (χ4v) is 4.06. The average Bonchev–Trinajstić information content (AvgIpc) is 3.39. The van der Waals surface area contributed by atoms with E-state index in [1.807, 2.05) is 12.1 Å². The van der Waals surface area contributed by atoms with Crippen molar-refractivity contribution >= 4 is 11.1 Å². The standard InChI is InChI=1S/C28H29N7O4/c1-6-8-10-24-23(26(36)35(18(4)32-24)27-30-15-21(38-5)16-31-27)13-20-12-11-19(14-29-20)22(9-7-2)17(3)25-33-28(37)39-34-25/h7,9,11-12,14-16H,2-3,6,8,10,13H2,1,4-5H3,(H,33,34,37)/b22-9+. The van der Waals surface area contributed by atoms with Crippen LogP contribution in [0.4, 0.5) is 0 Å². The van der Waals surface area contributed by atoms with Crippen molar-refractivity contribution in [1.82, 2.24) is 34.6 Å². The van der Waals surface area contributed by atoms with E-state index in [1.54, 1.807) is 25.3 Å². The quantitative estimate of drug-likeness (QED) is 0.289. The first kappa shape index (κ1) is 27.1. The predicted molar refractivity (Wildman–Crippen MR) is 147 cm³/mol. The van der Waals surface area contributed by atoms with Crippen molar-refractivity contribution in [3.05, 3.63) is 111 Å². The molecule has 0 atom stereocenters. The van der Waals surface area contributed by atoms with E-state index in [0.29, 0.717) is 40.4 Å². The van der Waals surface area contributed by atoms with Gasteiger partial charge in [-0.2, -0.15) is 0 Å². The highest BCUT2D eigenvalue weighted by Crippen LogP contribution is 2.27. The van der Waals surface area contributed by atoms with Crippen LogP contribution < -0.4 is 16.1 Å². The highest BCUT2D eigenvalue weighted by atomic mass is 16.5. The van der Waals surface area contributed by atoms with Crippen LogP contribution >= 0.6 is 0 Å². The Morgan fingerprint density at radius 3 is 2.54 bits per heavy atom. The molecule has 4 rings (SSSR count). The highest BCUT2D eigenvalue weighted by Gasteiger charge is 2.19. The van der Waals surface area contributed by atoms with E-state index in [1.165, 1.54) is 24.1 Å². The minimum atomic E-state index is -0.672. The number of aryl methyl sites for hydroxylation is 2. The lowest BCUT2D eigenvalue weighted by atomic mass is 9.98. The molecule has 0 aliphatic carbocycles. The van der Waals surface area contributed by atoms with Crippen molar-refractivity contribution in [2.24, 2.45) is 0 Å². The molecule has 11 heteroatoms. The molecule has 0 aromatic carbocycles. The second kappa shape index (κ2) is 12.1. The largest absolute Gasteiger partial charge is 0.494 e. The van der Waals surface area contributed by atoms with Gasteiger partial charge in [0.05, 0.1) is 25.2 Å². The molecular formula is C28H29N7O4. The third kappa shape index (κ3) is 5.98. The maximum Gasteiger partial charge on any atom is 0.439 e. The van der Waals surface area contributed by atoms with Gasteiger partial charge in [-0.1, -0.05) is 49.9 Å². The molecule has 0 fully saturated rings. The van der Waals surface area contributed by atoms with Gasteiger partial charge in [0.15, 0.2) is 11.6 Å². The molecule has 0 bridgehead atoms. The number of rotatable bonds is 11. The van der Waals surface area contributed by atoms with E-state index in [9.17, 15) is 9.59 Å². The third-order valence-electron chi connectivity index (χ3n) is 6.08. The Bertz CT molecular complexity index is 1630. The van der Waals surface area contributed by atoms with Gasteiger partial charge in [-0.15, -0.1) is 0 Å². The van der Waals surface area contributed by atoms with E-state index in [0.717, 1.165) is 24.1 Å². The van der Waals surface area contributed by atoms with Gasteiger partial charge in [0.25, 0.3) is 5.56 Å². The van der Waals surface area contributed by atoms with Gasteiger partial charge in [-0.05, 0) is 31.4 Å². The number of ether oxygens (including phenoxy) is 1. The van der Waals surface area contributed by atoms with Crippen LogP contribution in [0.2, 0.25) is 0 Å². The lowest BCUT2D eigenvalue weighted by Crippen LogP contribution is -2.29. The minimum Gasteiger partial charge on any atom is -0.494 e. The van der Waals surface area contributed by atoms with Gasteiger partial charge in [0.1, 0.15) is 5.82 Å². The zero-order valence-corrected chi connectivity index (χ0v) is 22.1. The van der Waals surface area contributed by atoms with E-state index in [2.05, 4.69) is 49.7 Å². The molecule has 0 amide bonds. The number of unbranched alkanes of at least 4 members (excludes halogenated alkanes) is 1. The summed E-state index contributed by atoms with van der Waals surface area (Å²) in [6.45, 7) is 11.6. The number of nitrogens with zero attached hydrogens (tertiary/aromatic N) is 6. The summed E-state index contributed by atoms with van der Waals surface area (Å²) in [5.41, 5.74) is 3.56. The number of nitrogens with one attached hydrogen (secondary N) is 1. The van der Waals surface area contributed by atoms with E-state index < -0.39 is 5.76 Å². The molecule has 0 saturated heterocycles. The van der Waals surface area contributed by atoms with Gasteiger partial charge < -0.3 is 4.74 Å². The first-order chi connectivity index (χ1) is 18.9. The summed E-state index contributed by atoms with van der Waals surface area (Å²) in [6.07, 6.45) is 10.9. The lowest BCUT2D eigenvalue weighted by molar-refractivity contribution is 0.385. The van der Waals surface area contributed by atoms with Gasteiger partial charge in [-0.25, -0.2) is 24.3 Å².